The molecule has 1 amide bonds. The standard InChI is InChI=1S/C18H21ClN2O5S/c1-25-14-8-9-16(17(10-14)26-2)21(27(3,23)24)12-18(22)20-11-13-6-4-5-7-15(13)19/h4-10H,11-12H2,1-3H3,(H,20,22). The smallest absolute Gasteiger partial charge is 0.241 e. The first-order valence-electron chi connectivity index (χ1n) is 7.96. The molecule has 0 radical (unpaired) electrons. The molecule has 146 valence electrons. The molecule has 7 nitrogen and oxygen atoms in total. The zero-order valence-electron chi connectivity index (χ0n) is 15.2. The average molecular weight is 413 g/mol. The number of methoxy groups -OCH3 is 2. The second-order valence-corrected chi connectivity index (χ2v) is 7.99. The van der Waals surface area contributed by atoms with Crippen LogP contribution in [0, 0.1) is 0 Å². The SMILES string of the molecule is COc1ccc(N(CC(=O)NCc2ccccc2Cl)S(C)(=O)=O)c(OC)c1. The summed E-state index contributed by atoms with van der Waals surface area (Å²) in [7, 11) is -0.827. The highest BCUT2D eigenvalue weighted by atomic mass is 35.5. The number of anilines is 1. The Balaban J connectivity index is 2.20. The van der Waals surface area contributed by atoms with Gasteiger partial charge in [0.25, 0.3) is 0 Å². The molecule has 0 saturated heterocycles. The number of ether oxygens (including phenoxy) is 2. The summed E-state index contributed by atoms with van der Waals surface area (Å²) >= 11 is 6.06. The van der Waals surface area contributed by atoms with E-state index >= 15 is 0 Å². The van der Waals surface area contributed by atoms with Gasteiger partial charge in [0, 0.05) is 17.6 Å². The molecule has 0 aliphatic carbocycles. The molecule has 1 N–H and O–H groups in total. The lowest BCUT2D eigenvalue weighted by atomic mass is 10.2. The lowest BCUT2D eigenvalue weighted by Crippen LogP contribution is -2.40. The molecule has 9 heteroatoms. The van der Waals surface area contributed by atoms with Gasteiger partial charge in [-0.05, 0) is 23.8 Å². The first-order valence-corrected chi connectivity index (χ1v) is 10.2. The van der Waals surface area contributed by atoms with Gasteiger partial charge in [0.15, 0.2) is 0 Å². The summed E-state index contributed by atoms with van der Waals surface area (Å²) in [6.07, 6.45) is 1.03. The molecular formula is C18H21ClN2O5S. The summed E-state index contributed by atoms with van der Waals surface area (Å²) in [4.78, 5) is 12.4. The first kappa shape index (κ1) is 20.9. The summed E-state index contributed by atoms with van der Waals surface area (Å²) in [5, 5.41) is 3.20. The fourth-order valence-corrected chi connectivity index (χ4v) is 3.46. The molecule has 27 heavy (non-hydrogen) atoms. The van der Waals surface area contributed by atoms with E-state index in [0.29, 0.717) is 10.8 Å². The maximum absolute atomic E-state index is 12.4. The number of sulfonamides is 1. The molecule has 0 atom stereocenters. The van der Waals surface area contributed by atoms with Crippen molar-refractivity contribution >= 4 is 33.2 Å². The highest BCUT2D eigenvalue weighted by molar-refractivity contribution is 7.92. The van der Waals surface area contributed by atoms with E-state index in [2.05, 4.69) is 5.32 Å². The topological polar surface area (TPSA) is 84.9 Å². The van der Waals surface area contributed by atoms with Crippen LogP contribution in [0.4, 0.5) is 5.69 Å². The summed E-state index contributed by atoms with van der Waals surface area (Å²) < 4.78 is 35.9. The van der Waals surface area contributed by atoms with Crippen molar-refractivity contribution in [1.29, 1.82) is 0 Å². The summed E-state index contributed by atoms with van der Waals surface area (Å²) in [5.41, 5.74) is 0.981. The number of amides is 1. The number of halogens is 1. The first-order chi connectivity index (χ1) is 12.8. The number of benzene rings is 2. The van der Waals surface area contributed by atoms with Crippen LogP contribution in [0.5, 0.6) is 11.5 Å². The van der Waals surface area contributed by atoms with Gasteiger partial charge in [-0.3, -0.25) is 9.10 Å². The van der Waals surface area contributed by atoms with Gasteiger partial charge in [-0.25, -0.2) is 8.42 Å². The molecule has 0 aliphatic rings. The third kappa shape index (κ3) is 5.51. The summed E-state index contributed by atoms with van der Waals surface area (Å²) in [5.74, 6) is 0.309. The van der Waals surface area contributed by atoms with Crippen molar-refractivity contribution in [2.75, 3.05) is 31.3 Å². The number of nitrogens with one attached hydrogen (secondary N) is 1. The number of rotatable bonds is 8. The van der Waals surface area contributed by atoms with Gasteiger partial charge in [-0.15, -0.1) is 0 Å². The number of carbonyl (C=O) groups is 1. The van der Waals surface area contributed by atoms with Crippen LogP contribution in [0.15, 0.2) is 42.5 Å². The molecule has 0 saturated carbocycles. The fourth-order valence-electron chi connectivity index (χ4n) is 2.39. The van der Waals surface area contributed by atoms with Crippen molar-refractivity contribution in [1.82, 2.24) is 5.32 Å². The molecule has 2 aromatic carbocycles. The molecule has 0 spiro atoms. The van der Waals surface area contributed by atoms with E-state index in [1.807, 2.05) is 0 Å². The maximum Gasteiger partial charge on any atom is 0.241 e. The average Bonchev–Trinajstić information content (AvgIpc) is 2.64. The number of hydrogen-bond acceptors (Lipinski definition) is 5. The molecule has 2 aromatic rings. The van der Waals surface area contributed by atoms with Gasteiger partial charge in [0.1, 0.15) is 18.0 Å². The van der Waals surface area contributed by atoms with Gasteiger partial charge in [0.2, 0.25) is 15.9 Å². The third-order valence-electron chi connectivity index (χ3n) is 3.78. The van der Waals surface area contributed by atoms with Gasteiger partial charge in [0.05, 0.1) is 26.2 Å². The molecule has 0 heterocycles. The molecule has 0 unspecified atom stereocenters. The highest BCUT2D eigenvalue weighted by Crippen LogP contribution is 2.33. The number of nitrogens with zero attached hydrogens (tertiary/aromatic N) is 1. The van der Waals surface area contributed by atoms with E-state index in [0.717, 1.165) is 16.1 Å². The van der Waals surface area contributed by atoms with Crippen LogP contribution in [0.25, 0.3) is 0 Å². The van der Waals surface area contributed by atoms with Crippen LogP contribution >= 0.6 is 11.6 Å². The Morgan fingerprint density at radius 2 is 1.85 bits per heavy atom. The van der Waals surface area contributed by atoms with Crippen LogP contribution in [-0.2, 0) is 21.4 Å². The Morgan fingerprint density at radius 1 is 1.15 bits per heavy atom. The van der Waals surface area contributed by atoms with Gasteiger partial charge in [-0.1, -0.05) is 29.8 Å². The predicted octanol–water partition coefficient (Wildman–Crippen LogP) is 2.44. The number of carbonyl (C=O) groups excluding carboxylic acids is 1. The minimum atomic E-state index is -3.73. The molecule has 0 aliphatic heterocycles. The van der Waals surface area contributed by atoms with E-state index < -0.39 is 22.5 Å². The van der Waals surface area contributed by atoms with Crippen molar-refractivity contribution < 1.29 is 22.7 Å². The predicted molar refractivity (Wildman–Crippen MR) is 105 cm³/mol. The highest BCUT2D eigenvalue weighted by Gasteiger charge is 2.24. The van der Waals surface area contributed by atoms with Crippen LogP contribution in [0.2, 0.25) is 5.02 Å². The Morgan fingerprint density at radius 3 is 2.44 bits per heavy atom. The lowest BCUT2D eigenvalue weighted by molar-refractivity contribution is -0.119. The summed E-state index contributed by atoms with van der Waals surface area (Å²) in [6, 6.07) is 11.8. The van der Waals surface area contributed by atoms with Crippen molar-refractivity contribution in [3.63, 3.8) is 0 Å². The molecular weight excluding hydrogens is 392 g/mol. The second kappa shape index (κ2) is 8.96. The Bertz CT molecular complexity index is 918. The molecule has 0 fully saturated rings. The van der Waals surface area contributed by atoms with E-state index in [1.54, 1.807) is 36.4 Å². The van der Waals surface area contributed by atoms with E-state index in [9.17, 15) is 13.2 Å². The molecule has 0 bridgehead atoms. The monoisotopic (exact) mass is 412 g/mol. The maximum atomic E-state index is 12.4. The fraction of sp³-hybridized carbons (Fsp3) is 0.278. The molecule has 0 aromatic heterocycles. The Labute approximate surface area is 163 Å². The molecule has 2 rings (SSSR count). The van der Waals surface area contributed by atoms with E-state index in [1.165, 1.54) is 20.3 Å². The van der Waals surface area contributed by atoms with E-state index in [4.69, 9.17) is 21.1 Å². The van der Waals surface area contributed by atoms with Crippen LogP contribution in [0.3, 0.4) is 0 Å². The van der Waals surface area contributed by atoms with Crippen LogP contribution < -0.4 is 19.1 Å². The van der Waals surface area contributed by atoms with Crippen molar-refractivity contribution in [3.8, 4) is 11.5 Å². The lowest BCUT2D eigenvalue weighted by Gasteiger charge is -2.24. The quantitative estimate of drug-likeness (QED) is 0.719. The zero-order chi connectivity index (χ0) is 20.0. The minimum Gasteiger partial charge on any atom is -0.497 e. The largest absolute Gasteiger partial charge is 0.497 e. The van der Waals surface area contributed by atoms with Crippen LogP contribution in [-0.4, -0.2) is 41.3 Å². The van der Waals surface area contributed by atoms with Crippen LogP contribution in [0.1, 0.15) is 5.56 Å². The minimum absolute atomic E-state index is 0.190. The van der Waals surface area contributed by atoms with Gasteiger partial charge < -0.3 is 14.8 Å². The Hall–Kier alpha value is -2.45. The summed E-state index contributed by atoms with van der Waals surface area (Å²) in [6.45, 7) is -0.207. The van der Waals surface area contributed by atoms with Crippen molar-refractivity contribution in [2.24, 2.45) is 0 Å². The number of hydrogen-bond donors (Lipinski definition) is 1. The second-order valence-electron chi connectivity index (χ2n) is 5.68. The van der Waals surface area contributed by atoms with Gasteiger partial charge >= 0.3 is 0 Å². The normalized spacial score (nSPS) is 11.0. The van der Waals surface area contributed by atoms with Crippen molar-refractivity contribution in [3.05, 3.63) is 53.1 Å². The van der Waals surface area contributed by atoms with Crippen molar-refractivity contribution in [2.45, 2.75) is 6.54 Å². The van der Waals surface area contributed by atoms with Gasteiger partial charge in [-0.2, -0.15) is 0 Å². The van der Waals surface area contributed by atoms with E-state index in [-0.39, 0.29) is 18.0 Å². The zero-order valence-corrected chi connectivity index (χ0v) is 16.8. The third-order valence-corrected chi connectivity index (χ3v) is 5.27. The Kier molecular flexibility index (Phi) is 6.92.